The van der Waals surface area contributed by atoms with E-state index in [1.807, 2.05) is 60.7 Å². The fraction of sp³-hybridized carbons (Fsp3) is 0. The molecule has 1 aliphatic heterocycles. The van der Waals surface area contributed by atoms with Crippen molar-refractivity contribution in [1.82, 2.24) is 4.98 Å². The van der Waals surface area contributed by atoms with Gasteiger partial charge in [-0.05, 0) is 35.4 Å². The maximum absolute atomic E-state index is 12.9. The van der Waals surface area contributed by atoms with Gasteiger partial charge in [0.25, 0.3) is 5.91 Å². The Morgan fingerprint density at radius 2 is 1.19 bits per heavy atom. The first kappa shape index (κ1) is 19.0. The number of aromatic hydroxyl groups is 1. The normalized spacial score (nSPS) is 12.8. The minimum atomic E-state index is -0.328. The molecular formula is C26H16N2O2S2. The summed E-state index contributed by atoms with van der Waals surface area (Å²) in [5, 5.41) is 10.7. The molecule has 32 heavy (non-hydrogen) atoms. The van der Waals surface area contributed by atoms with E-state index >= 15 is 0 Å². The van der Waals surface area contributed by atoms with Crippen molar-refractivity contribution in [3.05, 3.63) is 101 Å². The summed E-state index contributed by atoms with van der Waals surface area (Å²) >= 11 is 3.13. The van der Waals surface area contributed by atoms with Gasteiger partial charge in [0, 0.05) is 9.75 Å². The standard InChI is InChI=1S/C26H16N2O2S2/c29-25-21-22(24(28-25)20-14-12-18(32-20)16-9-5-2-6-10-16)26(30)27-23(21)19-13-11-17(31-19)15-7-3-1-4-8-15/h1-14,27,30H. The van der Waals surface area contributed by atoms with Gasteiger partial charge in [0.2, 0.25) is 0 Å². The number of benzene rings is 2. The van der Waals surface area contributed by atoms with Crippen LogP contribution in [0.5, 0.6) is 5.88 Å². The molecule has 6 heteroatoms. The Bertz CT molecular complexity index is 1490. The van der Waals surface area contributed by atoms with E-state index in [0.29, 0.717) is 22.5 Å². The van der Waals surface area contributed by atoms with E-state index in [2.05, 4.69) is 34.2 Å². The Kier molecular flexibility index (Phi) is 4.41. The molecule has 0 aliphatic carbocycles. The lowest BCUT2D eigenvalue weighted by Crippen LogP contribution is -1.96. The largest absolute Gasteiger partial charge is 0.494 e. The van der Waals surface area contributed by atoms with Gasteiger partial charge in [-0.15, -0.1) is 22.7 Å². The van der Waals surface area contributed by atoms with Crippen LogP contribution in [0.15, 0.2) is 89.9 Å². The van der Waals surface area contributed by atoms with Gasteiger partial charge in [0.1, 0.15) is 0 Å². The second-order valence-electron chi connectivity index (χ2n) is 7.42. The number of aliphatic imine (C=N–C) groups is 1. The third-order valence-electron chi connectivity index (χ3n) is 5.45. The summed E-state index contributed by atoms with van der Waals surface area (Å²) in [7, 11) is 0. The number of aromatic amines is 1. The summed E-state index contributed by atoms with van der Waals surface area (Å²) in [6.45, 7) is 0. The van der Waals surface area contributed by atoms with E-state index in [9.17, 15) is 9.90 Å². The Hall–Kier alpha value is -3.74. The first-order chi connectivity index (χ1) is 15.7. The van der Waals surface area contributed by atoms with Crippen molar-refractivity contribution >= 4 is 34.3 Å². The van der Waals surface area contributed by atoms with Crippen molar-refractivity contribution in [2.75, 3.05) is 0 Å². The quantitative estimate of drug-likeness (QED) is 0.314. The Labute approximate surface area is 192 Å². The molecule has 0 atom stereocenters. The molecule has 0 saturated heterocycles. The lowest BCUT2D eigenvalue weighted by Gasteiger charge is -1.98. The number of nitrogens with one attached hydrogen (secondary N) is 1. The highest BCUT2D eigenvalue weighted by Gasteiger charge is 2.34. The van der Waals surface area contributed by atoms with Gasteiger partial charge in [-0.2, -0.15) is 0 Å². The molecule has 5 aromatic rings. The molecule has 2 aromatic carbocycles. The number of H-pyrrole nitrogens is 1. The van der Waals surface area contributed by atoms with Crippen LogP contribution in [0.4, 0.5) is 0 Å². The first-order valence-electron chi connectivity index (χ1n) is 10.1. The summed E-state index contributed by atoms with van der Waals surface area (Å²) in [6, 6.07) is 28.2. The highest BCUT2D eigenvalue weighted by molar-refractivity contribution is 7.19. The van der Waals surface area contributed by atoms with Gasteiger partial charge < -0.3 is 10.1 Å². The number of thiophene rings is 2. The van der Waals surface area contributed by atoms with Crippen LogP contribution in [-0.2, 0) is 0 Å². The average Bonchev–Trinajstić information content (AvgIpc) is 3.61. The third kappa shape index (κ3) is 3.04. The van der Waals surface area contributed by atoms with Crippen molar-refractivity contribution < 1.29 is 9.90 Å². The van der Waals surface area contributed by atoms with Crippen LogP contribution in [0.2, 0.25) is 0 Å². The lowest BCUT2D eigenvalue weighted by molar-refractivity contribution is 0.101. The highest BCUT2D eigenvalue weighted by atomic mass is 32.1. The predicted octanol–water partition coefficient (Wildman–Crippen LogP) is 6.84. The van der Waals surface area contributed by atoms with E-state index in [1.54, 1.807) is 22.7 Å². The number of hydrogen-bond donors (Lipinski definition) is 2. The zero-order valence-corrected chi connectivity index (χ0v) is 18.3. The number of fused-ring (bicyclic) bond motifs is 1. The summed E-state index contributed by atoms with van der Waals surface area (Å²) in [5.74, 6) is -0.352. The minimum Gasteiger partial charge on any atom is -0.494 e. The predicted molar refractivity (Wildman–Crippen MR) is 131 cm³/mol. The number of nitrogens with zero attached hydrogens (tertiary/aromatic N) is 1. The van der Waals surface area contributed by atoms with Gasteiger partial charge in [0.15, 0.2) is 5.88 Å². The fourth-order valence-corrected chi connectivity index (χ4v) is 5.99. The molecule has 4 heterocycles. The molecular weight excluding hydrogens is 436 g/mol. The van der Waals surface area contributed by atoms with Crippen LogP contribution in [0.1, 0.15) is 20.8 Å². The summed E-state index contributed by atoms with van der Waals surface area (Å²) in [4.78, 5) is 24.2. The van der Waals surface area contributed by atoms with E-state index in [4.69, 9.17) is 0 Å². The topological polar surface area (TPSA) is 65.4 Å². The van der Waals surface area contributed by atoms with E-state index < -0.39 is 0 Å². The van der Waals surface area contributed by atoms with Crippen LogP contribution in [0.25, 0.3) is 31.5 Å². The van der Waals surface area contributed by atoms with Crippen LogP contribution >= 0.6 is 22.7 Å². The molecule has 2 N–H and O–H groups in total. The Balaban J connectivity index is 1.40. The monoisotopic (exact) mass is 452 g/mol. The average molecular weight is 453 g/mol. The van der Waals surface area contributed by atoms with Crippen LogP contribution in [0.3, 0.4) is 0 Å². The molecule has 0 unspecified atom stereocenters. The van der Waals surface area contributed by atoms with Crippen LogP contribution in [0, 0.1) is 0 Å². The van der Waals surface area contributed by atoms with Crippen molar-refractivity contribution in [3.8, 4) is 37.3 Å². The van der Waals surface area contributed by atoms with E-state index in [0.717, 1.165) is 30.6 Å². The summed E-state index contributed by atoms with van der Waals surface area (Å²) in [6.07, 6.45) is 0. The van der Waals surface area contributed by atoms with Crippen molar-refractivity contribution in [1.29, 1.82) is 0 Å². The Morgan fingerprint density at radius 1 is 0.656 bits per heavy atom. The SMILES string of the molecule is O=C1N=C(c2ccc(-c3ccccc3)s2)c2c(O)[nH]c(-c3ccc(-c4ccccc4)s3)c21. The lowest BCUT2D eigenvalue weighted by atomic mass is 10.1. The molecule has 0 bridgehead atoms. The molecule has 0 saturated carbocycles. The zero-order valence-electron chi connectivity index (χ0n) is 16.7. The third-order valence-corrected chi connectivity index (χ3v) is 7.75. The zero-order chi connectivity index (χ0) is 21.7. The molecule has 3 aromatic heterocycles. The van der Waals surface area contributed by atoms with Gasteiger partial charge in [0.05, 0.1) is 32.3 Å². The van der Waals surface area contributed by atoms with Crippen LogP contribution < -0.4 is 0 Å². The second kappa shape index (κ2) is 7.44. The molecule has 0 radical (unpaired) electrons. The van der Waals surface area contributed by atoms with Gasteiger partial charge in [-0.25, -0.2) is 4.99 Å². The van der Waals surface area contributed by atoms with Gasteiger partial charge in [-0.3, -0.25) is 4.79 Å². The highest BCUT2D eigenvalue weighted by Crippen LogP contribution is 2.43. The van der Waals surface area contributed by atoms with Crippen LogP contribution in [-0.4, -0.2) is 21.7 Å². The van der Waals surface area contributed by atoms with Crippen molar-refractivity contribution in [2.24, 2.45) is 4.99 Å². The van der Waals surface area contributed by atoms with Crippen molar-refractivity contribution in [2.45, 2.75) is 0 Å². The molecule has 154 valence electrons. The number of rotatable bonds is 4. The first-order valence-corrected chi connectivity index (χ1v) is 11.7. The fourth-order valence-electron chi connectivity index (χ4n) is 3.96. The molecule has 0 fully saturated rings. The molecule has 1 amide bonds. The smallest absolute Gasteiger partial charge is 0.280 e. The maximum Gasteiger partial charge on any atom is 0.280 e. The maximum atomic E-state index is 12.9. The van der Waals surface area contributed by atoms with Crippen molar-refractivity contribution in [3.63, 3.8) is 0 Å². The summed E-state index contributed by atoms with van der Waals surface area (Å²) < 4.78 is 0. The molecule has 1 aliphatic rings. The van der Waals surface area contributed by atoms with Gasteiger partial charge in [-0.1, -0.05) is 60.7 Å². The van der Waals surface area contributed by atoms with E-state index in [1.165, 1.54) is 0 Å². The second-order valence-corrected chi connectivity index (χ2v) is 9.59. The van der Waals surface area contributed by atoms with E-state index in [-0.39, 0.29) is 11.8 Å². The summed E-state index contributed by atoms with van der Waals surface area (Å²) in [5.41, 5.74) is 4.30. The Morgan fingerprint density at radius 3 is 1.81 bits per heavy atom. The molecule has 0 spiro atoms. The molecule has 4 nitrogen and oxygen atoms in total. The number of carbonyl (C=O) groups excluding carboxylic acids is 1. The molecule has 6 rings (SSSR count). The number of carbonyl (C=O) groups is 1. The number of amides is 1. The van der Waals surface area contributed by atoms with Gasteiger partial charge >= 0.3 is 0 Å². The number of aromatic nitrogens is 1. The number of hydrogen-bond acceptors (Lipinski definition) is 4. The minimum absolute atomic E-state index is 0.0241.